The van der Waals surface area contributed by atoms with E-state index >= 15 is 0 Å². The molecule has 3 nitrogen and oxygen atoms in total. The molecule has 0 unspecified atom stereocenters. The molecule has 3 atom stereocenters. The van der Waals surface area contributed by atoms with E-state index in [4.69, 9.17) is 4.43 Å². The average molecular weight is 311 g/mol. The summed E-state index contributed by atoms with van der Waals surface area (Å²) < 4.78 is 6.68. The van der Waals surface area contributed by atoms with E-state index in [1.807, 2.05) is 6.08 Å². The maximum Gasteiger partial charge on any atom is 0.310 e. The van der Waals surface area contributed by atoms with Gasteiger partial charge in [-0.1, -0.05) is 39.3 Å². The van der Waals surface area contributed by atoms with E-state index in [0.717, 1.165) is 25.7 Å². The molecule has 0 aromatic carbocycles. The molecule has 2 rings (SSSR count). The fraction of sp³-hybridized carbons (Fsp3) is 0.824. The van der Waals surface area contributed by atoms with Crippen LogP contribution in [-0.2, 0) is 9.22 Å². The maximum atomic E-state index is 11.2. The van der Waals surface area contributed by atoms with Gasteiger partial charge in [-0.2, -0.15) is 0 Å². The second kappa shape index (κ2) is 5.23. The lowest BCUT2D eigenvalue weighted by Crippen LogP contribution is -2.47. The molecule has 4 heteroatoms. The van der Waals surface area contributed by atoms with Gasteiger partial charge in [0.15, 0.2) is 8.32 Å². The monoisotopic (exact) mass is 310 g/mol. The second-order valence-electron chi connectivity index (χ2n) is 8.50. The van der Waals surface area contributed by atoms with Gasteiger partial charge in [0.05, 0.1) is 12.0 Å². The van der Waals surface area contributed by atoms with Gasteiger partial charge in [0.25, 0.3) is 0 Å². The summed E-state index contributed by atoms with van der Waals surface area (Å²) in [7, 11) is -1.78. The Bertz CT molecular complexity index is 461. The molecule has 0 saturated heterocycles. The zero-order valence-corrected chi connectivity index (χ0v) is 15.3. The summed E-state index contributed by atoms with van der Waals surface area (Å²) in [5.74, 6) is -0.974. The highest BCUT2D eigenvalue weighted by molar-refractivity contribution is 6.74. The van der Waals surface area contributed by atoms with Gasteiger partial charge in [-0.3, -0.25) is 4.79 Å². The van der Waals surface area contributed by atoms with Crippen LogP contribution in [0.2, 0.25) is 18.1 Å². The highest BCUT2D eigenvalue weighted by Gasteiger charge is 2.50. The molecule has 0 spiro atoms. The Labute approximate surface area is 129 Å². The van der Waals surface area contributed by atoms with Crippen molar-refractivity contribution in [1.29, 1.82) is 0 Å². The van der Waals surface area contributed by atoms with Crippen molar-refractivity contribution in [3.05, 3.63) is 11.6 Å². The summed E-state index contributed by atoms with van der Waals surface area (Å²) in [5, 5.41) is 9.45. The first kappa shape index (κ1) is 16.8. The Kier molecular flexibility index (Phi) is 4.18. The molecule has 0 heterocycles. The quantitative estimate of drug-likeness (QED) is 0.612. The summed E-state index contributed by atoms with van der Waals surface area (Å²) in [6.45, 7) is 13.7. The molecule has 1 fully saturated rings. The summed E-state index contributed by atoms with van der Waals surface area (Å²) >= 11 is 0. The summed E-state index contributed by atoms with van der Waals surface area (Å²) in [5.41, 5.74) is 1.38. The van der Waals surface area contributed by atoms with E-state index in [1.54, 1.807) is 0 Å². The third-order valence-electron chi connectivity index (χ3n) is 6.06. The molecule has 0 aliphatic heterocycles. The van der Waals surface area contributed by atoms with Crippen LogP contribution in [0.25, 0.3) is 0 Å². The Morgan fingerprint density at radius 2 is 2.00 bits per heavy atom. The van der Waals surface area contributed by atoms with Crippen LogP contribution >= 0.6 is 0 Å². The normalized spacial score (nSPS) is 33.5. The molecule has 120 valence electrons. The molecule has 1 saturated carbocycles. The molecule has 0 aromatic heterocycles. The van der Waals surface area contributed by atoms with Gasteiger partial charge >= 0.3 is 5.97 Å². The van der Waals surface area contributed by atoms with Crippen LogP contribution in [0.4, 0.5) is 0 Å². The SMILES string of the molecule is CC(C)(C)[Si](C)(C)O[C@H]1CCC2=C[C@H](C(=O)O)CC[C@@]21C. The third kappa shape index (κ3) is 2.97. The minimum absolute atomic E-state index is 0.0570. The lowest BCUT2D eigenvalue weighted by molar-refractivity contribution is -0.140. The number of hydrogen-bond acceptors (Lipinski definition) is 2. The van der Waals surface area contributed by atoms with Gasteiger partial charge in [0, 0.05) is 5.41 Å². The van der Waals surface area contributed by atoms with Crippen LogP contribution in [0.3, 0.4) is 0 Å². The molecular weight excluding hydrogens is 280 g/mol. The minimum atomic E-state index is -1.78. The zero-order chi connectivity index (χ0) is 16.1. The lowest BCUT2D eigenvalue weighted by Gasteiger charge is -2.44. The second-order valence-corrected chi connectivity index (χ2v) is 13.3. The molecular formula is C17H30O3Si. The Morgan fingerprint density at radius 1 is 1.38 bits per heavy atom. The Morgan fingerprint density at radius 3 is 2.52 bits per heavy atom. The first-order chi connectivity index (χ1) is 9.47. The van der Waals surface area contributed by atoms with Crippen molar-refractivity contribution in [2.75, 3.05) is 0 Å². The number of carbonyl (C=O) groups is 1. The van der Waals surface area contributed by atoms with Crippen LogP contribution in [0.5, 0.6) is 0 Å². The van der Waals surface area contributed by atoms with E-state index in [2.05, 4.69) is 40.8 Å². The maximum absolute atomic E-state index is 11.2. The van der Waals surface area contributed by atoms with Crippen molar-refractivity contribution in [3.8, 4) is 0 Å². The van der Waals surface area contributed by atoms with Crippen molar-refractivity contribution < 1.29 is 14.3 Å². The van der Waals surface area contributed by atoms with E-state index in [-0.39, 0.29) is 22.5 Å². The fourth-order valence-electron chi connectivity index (χ4n) is 3.39. The van der Waals surface area contributed by atoms with Crippen LogP contribution in [0.15, 0.2) is 11.6 Å². The van der Waals surface area contributed by atoms with Crippen LogP contribution in [0, 0.1) is 11.3 Å². The first-order valence-corrected chi connectivity index (χ1v) is 11.0. The Balaban J connectivity index is 2.20. The predicted molar refractivity (Wildman–Crippen MR) is 87.9 cm³/mol. The van der Waals surface area contributed by atoms with Gasteiger partial charge < -0.3 is 9.53 Å². The summed E-state index contributed by atoms with van der Waals surface area (Å²) in [4.78, 5) is 11.2. The predicted octanol–water partition coefficient (Wildman–Crippen LogP) is 4.60. The number of hydrogen-bond donors (Lipinski definition) is 1. The number of carboxylic acid groups (broad SMARTS) is 1. The van der Waals surface area contributed by atoms with Crippen LogP contribution in [0.1, 0.15) is 53.4 Å². The van der Waals surface area contributed by atoms with Gasteiger partial charge in [0.2, 0.25) is 0 Å². The van der Waals surface area contributed by atoms with Gasteiger partial charge in [-0.25, -0.2) is 0 Å². The fourth-order valence-corrected chi connectivity index (χ4v) is 4.83. The van der Waals surface area contributed by atoms with E-state index in [9.17, 15) is 9.90 Å². The van der Waals surface area contributed by atoms with Crippen molar-refractivity contribution in [3.63, 3.8) is 0 Å². The lowest BCUT2D eigenvalue weighted by atomic mass is 9.72. The molecule has 0 bridgehead atoms. The molecule has 0 aromatic rings. The van der Waals surface area contributed by atoms with Crippen molar-refractivity contribution in [2.45, 2.75) is 77.6 Å². The summed E-state index contributed by atoms with van der Waals surface area (Å²) in [6.07, 6.45) is 6.00. The average Bonchev–Trinajstić information content (AvgIpc) is 2.64. The summed E-state index contributed by atoms with van der Waals surface area (Å²) in [6, 6.07) is 0. The number of fused-ring (bicyclic) bond motifs is 1. The first-order valence-electron chi connectivity index (χ1n) is 8.09. The molecule has 1 N–H and O–H groups in total. The van der Waals surface area contributed by atoms with Crippen molar-refractivity contribution in [1.82, 2.24) is 0 Å². The minimum Gasteiger partial charge on any atom is -0.481 e. The number of carboxylic acids is 1. The van der Waals surface area contributed by atoms with Crippen molar-refractivity contribution in [2.24, 2.45) is 11.3 Å². The Hall–Kier alpha value is -0.613. The standard InChI is InChI=1S/C17H30O3Si/c1-16(2,3)21(5,6)20-14-8-7-13-11-12(15(18)19)9-10-17(13,14)4/h11-12,14H,7-10H2,1-6H3,(H,18,19)/t12-,14+,17+/m1/s1. The number of rotatable bonds is 3. The molecule has 2 aliphatic carbocycles. The van der Waals surface area contributed by atoms with Gasteiger partial charge in [-0.15, -0.1) is 0 Å². The highest BCUT2D eigenvalue weighted by atomic mass is 28.4. The van der Waals surface area contributed by atoms with Crippen LogP contribution in [-0.4, -0.2) is 25.5 Å². The molecule has 0 amide bonds. The topological polar surface area (TPSA) is 46.5 Å². The van der Waals surface area contributed by atoms with E-state index in [0.29, 0.717) is 0 Å². The highest BCUT2D eigenvalue weighted by Crippen LogP contribution is 2.53. The zero-order valence-electron chi connectivity index (χ0n) is 14.3. The third-order valence-corrected chi connectivity index (χ3v) is 10.5. The van der Waals surface area contributed by atoms with E-state index < -0.39 is 14.3 Å². The van der Waals surface area contributed by atoms with Gasteiger partial charge in [-0.05, 0) is 43.8 Å². The van der Waals surface area contributed by atoms with Gasteiger partial charge in [0.1, 0.15) is 0 Å². The largest absolute Gasteiger partial charge is 0.481 e. The van der Waals surface area contributed by atoms with E-state index in [1.165, 1.54) is 5.57 Å². The number of aliphatic carboxylic acids is 1. The van der Waals surface area contributed by atoms with Crippen molar-refractivity contribution >= 4 is 14.3 Å². The van der Waals surface area contributed by atoms with Crippen LogP contribution < -0.4 is 0 Å². The smallest absolute Gasteiger partial charge is 0.310 e. The molecule has 21 heavy (non-hydrogen) atoms. The molecule has 0 radical (unpaired) electrons. The molecule has 2 aliphatic rings.